The lowest BCUT2D eigenvalue weighted by Crippen LogP contribution is -2.54. The van der Waals surface area contributed by atoms with Crippen LogP contribution in [0.3, 0.4) is 0 Å². The number of fused-ring (bicyclic) bond motifs is 1. The maximum absolute atomic E-state index is 12.8. The molecule has 11 heteroatoms. The molecule has 0 radical (unpaired) electrons. The van der Waals surface area contributed by atoms with Gasteiger partial charge in [-0.15, -0.1) is 0 Å². The lowest BCUT2D eigenvalue weighted by atomic mass is 9.95. The number of amides is 4. The van der Waals surface area contributed by atoms with Gasteiger partial charge in [-0.1, -0.05) is 17.7 Å². The minimum Gasteiger partial charge on any atom is -0.368 e. The highest BCUT2D eigenvalue weighted by Gasteiger charge is 2.35. The van der Waals surface area contributed by atoms with Crippen molar-refractivity contribution in [3.05, 3.63) is 34.9 Å². The third-order valence-electron chi connectivity index (χ3n) is 5.72. The molecule has 0 aromatic rings. The van der Waals surface area contributed by atoms with Gasteiger partial charge < -0.3 is 26.0 Å². The second-order valence-electron chi connectivity index (χ2n) is 9.83. The molecule has 2 heterocycles. The fraction of sp³-hybridized carbons (Fsp3) is 0.542. The van der Waals surface area contributed by atoms with E-state index in [9.17, 15) is 24.0 Å². The van der Waals surface area contributed by atoms with Gasteiger partial charge >= 0.3 is 0 Å². The number of nitrogens with one attached hydrogen (secondary N) is 4. The second kappa shape index (κ2) is 11.2. The molecule has 0 bridgehead atoms. The number of ether oxygens (including phenoxy) is 1. The third-order valence-corrected chi connectivity index (χ3v) is 5.95. The van der Waals surface area contributed by atoms with Crippen LogP contribution in [-0.2, 0) is 28.7 Å². The Kier molecular flexibility index (Phi) is 8.50. The van der Waals surface area contributed by atoms with Crippen molar-refractivity contribution in [1.82, 2.24) is 21.3 Å². The fourth-order valence-electron chi connectivity index (χ4n) is 4.00. The Hall–Kier alpha value is -2.98. The van der Waals surface area contributed by atoms with Gasteiger partial charge in [0.15, 0.2) is 0 Å². The van der Waals surface area contributed by atoms with Gasteiger partial charge in [-0.3, -0.25) is 24.0 Å². The summed E-state index contributed by atoms with van der Waals surface area (Å²) in [6.45, 7) is 5.39. The summed E-state index contributed by atoms with van der Waals surface area (Å²) in [5.74, 6) is -4.10. The number of carbonyl (C=O) groups excluding carboxylic acids is 5. The summed E-state index contributed by atoms with van der Waals surface area (Å²) in [5.41, 5.74) is 0.113. The van der Waals surface area contributed by atoms with E-state index in [1.54, 1.807) is 45.1 Å². The first-order valence-corrected chi connectivity index (χ1v) is 11.9. The molecule has 1 aliphatic carbocycles. The van der Waals surface area contributed by atoms with Gasteiger partial charge in [-0.05, 0) is 57.4 Å². The molecule has 35 heavy (non-hydrogen) atoms. The Bertz CT molecular complexity index is 996. The van der Waals surface area contributed by atoms with Crippen LogP contribution < -0.4 is 21.3 Å². The summed E-state index contributed by atoms with van der Waals surface area (Å²) >= 11 is 6.01. The molecule has 1 fully saturated rings. The predicted octanol–water partition coefficient (Wildman–Crippen LogP) is 0.231. The molecule has 1 saturated heterocycles. The van der Waals surface area contributed by atoms with Crippen LogP contribution in [-0.4, -0.2) is 66.8 Å². The SMILES string of the molecule is CC(C)(C)NC(=O)C(=O)C(CC1CCNC1=O)NC(=O)CNC(=O)C1C=C2C=C(Cl)C=CC2OC1. The van der Waals surface area contributed by atoms with E-state index in [0.29, 0.717) is 18.0 Å². The number of hydrogen-bond acceptors (Lipinski definition) is 6. The average Bonchev–Trinajstić information content (AvgIpc) is 3.19. The predicted molar refractivity (Wildman–Crippen MR) is 128 cm³/mol. The van der Waals surface area contributed by atoms with E-state index >= 15 is 0 Å². The van der Waals surface area contributed by atoms with E-state index in [2.05, 4.69) is 21.3 Å². The van der Waals surface area contributed by atoms with Crippen molar-refractivity contribution in [2.45, 2.75) is 51.3 Å². The van der Waals surface area contributed by atoms with Crippen LogP contribution >= 0.6 is 11.6 Å². The summed E-state index contributed by atoms with van der Waals surface area (Å²) in [6.07, 6.45) is 7.22. The van der Waals surface area contributed by atoms with Gasteiger partial charge in [0.25, 0.3) is 5.91 Å². The number of Topliss-reactive ketones (excluding diaryl/α,β-unsaturated/α-hetero) is 1. The molecule has 10 nitrogen and oxygen atoms in total. The normalized spacial score (nSPS) is 24.3. The van der Waals surface area contributed by atoms with Crippen molar-refractivity contribution in [1.29, 1.82) is 0 Å². The monoisotopic (exact) mass is 506 g/mol. The van der Waals surface area contributed by atoms with Crippen LogP contribution in [0.5, 0.6) is 0 Å². The van der Waals surface area contributed by atoms with Crippen LogP contribution in [0.2, 0.25) is 0 Å². The minimum atomic E-state index is -1.20. The standard InChI is InChI=1S/C24H31ClN4O6/c1-24(2,3)29-23(34)20(31)17(10-13-6-7-26-21(13)32)28-19(30)11-27-22(33)15-8-14-9-16(25)4-5-18(14)35-12-15/h4-5,8-9,13,15,17-18H,6-7,10-12H2,1-3H3,(H,26,32)(H,27,33)(H,28,30)(H,29,34). The summed E-state index contributed by atoms with van der Waals surface area (Å²) in [5, 5.41) is 10.8. The van der Waals surface area contributed by atoms with Crippen molar-refractivity contribution < 1.29 is 28.7 Å². The van der Waals surface area contributed by atoms with Crippen molar-refractivity contribution in [3.63, 3.8) is 0 Å². The van der Waals surface area contributed by atoms with Crippen molar-refractivity contribution in [2.75, 3.05) is 19.7 Å². The van der Waals surface area contributed by atoms with E-state index < -0.39 is 53.5 Å². The lowest BCUT2D eigenvalue weighted by Gasteiger charge is -2.27. The molecule has 4 amide bonds. The van der Waals surface area contributed by atoms with E-state index in [0.717, 1.165) is 5.57 Å². The van der Waals surface area contributed by atoms with Gasteiger partial charge in [-0.25, -0.2) is 0 Å². The zero-order valence-electron chi connectivity index (χ0n) is 20.0. The quantitative estimate of drug-likeness (QED) is 0.347. The molecule has 190 valence electrons. The Morgan fingerprint density at radius 3 is 2.66 bits per heavy atom. The minimum absolute atomic E-state index is 0.00746. The van der Waals surface area contributed by atoms with Crippen LogP contribution in [0, 0.1) is 11.8 Å². The number of carbonyl (C=O) groups is 5. The van der Waals surface area contributed by atoms with Crippen molar-refractivity contribution in [2.24, 2.45) is 11.8 Å². The maximum Gasteiger partial charge on any atom is 0.290 e. The van der Waals surface area contributed by atoms with Gasteiger partial charge in [0, 0.05) is 23.0 Å². The lowest BCUT2D eigenvalue weighted by molar-refractivity contribution is -0.141. The zero-order chi connectivity index (χ0) is 25.8. The average molecular weight is 507 g/mol. The summed E-state index contributed by atoms with van der Waals surface area (Å²) in [6, 6.07) is -1.20. The Labute approximate surface area is 208 Å². The number of ketones is 1. The summed E-state index contributed by atoms with van der Waals surface area (Å²) in [7, 11) is 0. The molecule has 4 unspecified atom stereocenters. The van der Waals surface area contributed by atoms with E-state index in [1.165, 1.54) is 0 Å². The Balaban J connectivity index is 1.59. The molecular formula is C24H31ClN4O6. The van der Waals surface area contributed by atoms with Gasteiger partial charge in [0.05, 0.1) is 25.1 Å². The summed E-state index contributed by atoms with van der Waals surface area (Å²) < 4.78 is 5.67. The molecule has 0 aromatic heterocycles. The zero-order valence-corrected chi connectivity index (χ0v) is 20.7. The first-order chi connectivity index (χ1) is 16.4. The number of halogens is 1. The fourth-order valence-corrected chi connectivity index (χ4v) is 4.20. The smallest absolute Gasteiger partial charge is 0.290 e. The molecule has 0 saturated carbocycles. The topological polar surface area (TPSA) is 143 Å². The van der Waals surface area contributed by atoms with Gasteiger partial charge in [0.1, 0.15) is 6.10 Å². The number of rotatable bonds is 8. The van der Waals surface area contributed by atoms with Gasteiger partial charge in [-0.2, -0.15) is 0 Å². The Morgan fingerprint density at radius 1 is 1.26 bits per heavy atom. The molecular weight excluding hydrogens is 476 g/mol. The van der Waals surface area contributed by atoms with Crippen LogP contribution in [0.25, 0.3) is 0 Å². The molecule has 0 spiro atoms. The van der Waals surface area contributed by atoms with Crippen LogP contribution in [0.4, 0.5) is 0 Å². The van der Waals surface area contributed by atoms with E-state index in [1.807, 2.05) is 0 Å². The highest BCUT2D eigenvalue weighted by molar-refractivity contribution is 6.38. The highest BCUT2D eigenvalue weighted by Crippen LogP contribution is 2.27. The number of allylic oxidation sites excluding steroid dienone is 2. The third kappa shape index (κ3) is 7.50. The van der Waals surface area contributed by atoms with Crippen LogP contribution in [0.1, 0.15) is 33.6 Å². The maximum atomic E-state index is 12.8. The van der Waals surface area contributed by atoms with Crippen molar-refractivity contribution >= 4 is 41.0 Å². The highest BCUT2D eigenvalue weighted by atomic mass is 35.5. The first kappa shape index (κ1) is 26.6. The number of hydrogen-bond donors (Lipinski definition) is 4. The molecule has 3 rings (SSSR count). The van der Waals surface area contributed by atoms with Gasteiger partial charge in [0.2, 0.25) is 23.5 Å². The first-order valence-electron chi connectivity index (χ1n) is 11.5. The van der Waals surface area contributed by atoms with E-state index in [-0.39, 0.29) is 25.0 Å². The molecule has 0 aromatic carbocycles. The molecule has 4 N–H and O–H groups in total. The molecule has 2 aliphatic heterocycles. The Morgan fingerprint density at radius 2 is 2.00 bits per heavy atom. The molecule has 3 aliphatic rings. The van der Waals surface area contributed by atoms with E-state index in [4.69, 9.17) is 16.3 Å². The molecule has 4 atom stereocenters. The van der Waals surface area contributed by atoms with Crippen LogP contribution in [0.15, 0.2) is 34.9 Å². The largest absolute Gasteiger partial charge is 0.368 e. The van der Waals surface area contributed by atoms with Crippen molar-refractivity contribution in [3.8, 4) is 0 Å². The second-order valence-corrected chi connectivity index (χ2v) is 10.3. The summed E-state index contributed by atoms with van der Waals surface area (Å²) in [4.78, 5) is 62.4.